The Kier molecular flexibility index (Phi) is 8.26. The molecule has 0 radical (unpaired) electrons. The molecule has 0 bridgehead atoms. The summed E-state index contributed by atoms with van der Waals surface area (Å²) in [6.45, 7) is 7.49. The van der Waals surface area contributed by atoms with Gasteiger partial charge in [0.05, 0.1) is 22.1 Å². The van der Waals surface area contributed by atoms with Gasteiger partial charge in [-0.25, -0.2) is 4.98 Å². The summed E-state index contributed by atoms with van der Waals surface area (Å²) in [5.41, 5.74) is -3.99. The summed E-state index contributed by atoms with van der Waals surface area (Å²) in [6, 6.07) is 3.44. The van der Waals surface area contributed by atoms with Gasteiger partial charge in [-0.1, -0.05) is 25.4 Å². The zero-order valence-corrected chi connectivity index (χ0v) is 20.9. The molecule has 3 atom stereocenters. The number of aromatic nitrogens is 1. The predicted molar refractivity (Wildman–Crippen MR) is 121 cm³/mol. The fraction of sp³-hybridized carbons (Fsp3) is 0.429. The molecule has 0 aliphatic carbocycles. The number of esters is 1. The van der Waals surface area contributed by atoms with Gasteiger partial charge in [-0.3, -0.25) is 19.5 Å². The maximum atomic E-state index is 13.4. The summed E-state index contributed by atoms with van der Waals surface area (Å²) in [4.78, 5) is 37.5. The molecule has 1 N–H and O–H groups in total. The van der Waals surface area contributed by atoms with Crippen LogP contribution in [0.15, 0.2) is 30.5 Å². The molecule has 0 aliphatic heterocycles. The van der Waals surface area contributed by atoms with E-state index in [4.69, 9.17) is 21.1 Å². The number of hydrogen-bond acceptors (Lipinski definition) is 7. The second kappa shape index (κ2) is 10.1. The molecule has 0 fully saturated rings. The number of pyridine rings is 1. The molecule has 0 spiro atoms. The zero-order chi connectivity index (χ0) is 26.9. The van der Waals surface area contributed by atoms with Gasteiger partial charge in [0.15, 0.2) is 0 Å². The number of carbonyl (C=O) groups is 1. The van der Waals surface area contributed by atoms with E-state index in [0.717, 1.165) is 18.2 Å². The van der Waals surface area contributed by atoms with Crippen LogP contribution in [0.1, 0.15) is 40.2 Å². The summed E-state index contributed by atoms with van der Waals surface area (Å²) in [5.74, 6) is -2.58. The Hall–Kier alpha value is -2.69. The van der Waals surface area contributed by atoms with Crippen molar-refractivity contribution in [3.63, 3.8) is 0 Å². The monoisotopic (exact) mass is 538 g/mol. The van der Waals surface area contributed by atoms with Crippen molar-refractivity contribution in [2.45, 2.75) is 52.1 Å². The average molecular weight is 539 g/mol. The first-order valence-corrected chi connectivity index (χ1v) is 12.2. The fourth-order valence-electron chi connectivity index (χ4n) is 2.86. The van der Waals surface area contributed by atoms with Crippen molar-refractivity contribution in [3.8, 4) is 11.6 Å². The van der Waals surface area contributed by atoms with E-state index in [1.807, 2.05) is 0 Å². The number of benzene rings is 1. The first kappa shape index (κ1) is 28.5. The molecule has 1 heterocycles. The lowest BCUT2D eigenvalue weighted by atomic mass is 10.1. The largest absolute Gasteiger partial charge is 0.460 e. The van der Waals surface area contributed by atoms with E-state index in [-0.39, 0.29) is 5.75 Å². The summed E-state index contributed by atoms with van der Waals surface area (Å²) >= 11 is 5.83. The molecule has 35 heavy (non-hydrogen) atoms. The summed E-state index contributed by atoms with van der Waals surface area (Å²) in [6.07, 6.45) is -4.21. The van der Waals surface area contributed by atoms with Crippen LogP contribution in [0.5, 0.6) is 11.6 Å². The molecule has 192 valence electrons. The molecular weight excluding hydrogens is 516 g/mol. The van der Waals surface area contributed by atoms with Crippen molar-refractivity contribution in [2.75, 3.05) is 0 Å². The first-order chi connectivity index (χ1) is 15.8. The predicted octanol–water partition coefficient (Wildman–Crippen LogP) is 5.72. The van der Waals surface area contributed by atoms with E-state index in [2.05, 4.69) is 4.98 Å². The Balaban J connectivity index is 2.46. The van der Waals surface area contributed by atoms with Crippen LogP contribution < -0.4 is 10.0 Å². The lowest BCUT2D eigenvalue weighted by Crippen LogP contribution is -2.34. The van der Waals surface area contributed by atoms with E-state index in [1.54, 1.807) is 20.8 Å². The highest BCUT2D eigenvalue weighted by atomic mass is 35.5. The van der Waals surface area contributed by atoms with Crippen molar-refractivity contribution in [3.05, 3.63) is 51.2 Å². The number of carbonyl (C=O) groups excluding carboxylic acids is 1. The van der Waals surface area contributed by atoms with Crippen molar-refractivity contribution in [2.24, 2.45) is 5.92 Å². The van der Waals surface area contributed by atoms with Crippen LogP contribution in [-0.2, 0) is 20.3 Å². The minimum atomic E-state index is -4.69. The zero-order valence-electron chi connectivity index (χ0n) is 19.3. The molecular formula is C21H23ClF3N2O7P. The van der Waals surface area contributed by atoms with Crippen LogP contribution in [-0.4, -0.2) is 32.0 Å². The van der Waals surface area contributed by atoms with Crippen LogP contribution in [0.25, 0.3) is 0 Å². The van der Waals surface area contributed by atoms with Crippen molar-refractivity contribution < 1.29 is 41.8 Å². The summed E-state index contributed by atoms with van der Waals surface area (Å²) < 4.78 is 62.5. The molecule has 0 saturated carbocycles. The number of nitrogens with zero attached hydrogens (tertiary/aromatic N) is 2. The highest BCUT2D eigenvalue weighted by Crippen LogP contribution is 2.51. The lowest BCUT2D eigenvalue weighted by molar-refractivity contribution is -0.383. The number of hydrogen-bond donors (Lipinski definition) is 1. The number of nitro groups is 1. The quantitative estimate of drug-likeness (QED) is 0.205. The third-order valence-corrected chi connectivity index (χ3v) is 7.76. The maximum absolute atomic E-state index is 13.4. The second-order valence-corrected chi connectivity index (χ2v) is 11.7. The van der Waals surface area contributed by atoms with Gasteiger partial charge >= 0.3 is 12.1 Å². The Morgan fingerprint density at radius 3 is 2.31 bits per heavy atom. The van der Waals surface area contributed by atoms with Crippen molar-refractivity contribution in [1.29, 1.82) is 0 Å². The molecule has 14 heteroatoms. The van der Waals surface area contributed by atoms with Crippen LogP contribution in [0.2, 0.25) is 5.02 Å². The number of alkyl halides is 3. The van der Waals surface area contributed by atoms with Crippen molar-refractivity contribution in [1.82, 2.24) is 4.98 Å². The highest BCUT2D eigenvalue weighted by Gasteiger charge is 2.42. The van der Waals surface area contributed by atoms with Crippen LogP contribution in [0, 0.1) is 16.0 Å². The van der Waals surface area contributed by atoms with Crippen molar-refractivity contribution >= 4 is 35.9 Å². The van der Waals surface area contributed by atoms with Crippen LogP contribution in [0.3, 0.4) is 0 Å². The van der Waals surface area contributed by atoms with Gasteiger partial charge in [0, 0.05) is 18.3 Å². The van der Waals surface area contributed by atoms with E-state index < -0.39 is 69.1 Å². The van der Waals surface area contributed by atoms with E-state index >= 15 is 0 Å². The van der Waals surface area contributed by atoms with Gasteiger partial charge in [0.25, 0.3) is 5.69 Å². The Morgan fingerprint density at radius 2 is 1.83 bits per heavy atom. The van der Waals surface area contributed by atoms with Crippen LogP contribution in [0.4, 0.5) is 18.9 Å². The molecule has 1 aromatic carbocycles. The number of nitro benzene ring substituents is 1. The Labute approximate surface area is 203 Å². The van der Waals surface area contributed by atoms with Gasteiger partial charge in [-0.15, -0.1) is 0 Å². The topological polar surface area (TPSA) is 129 Å². The van der Waals surface area contributed by atoms with Gasteiger partial charge < -0.3 is 14.4 Å². The highest BCUT2D eigenvalue weighted by molar-refractivity contribution is 7.67. The summed E-state index contributed by atoms with van der Waals surface area (Å²) in [5, 5.41) is 10.4. The van der Waals surface area contributed by atoms with Crippen LogP contribution >= 0.6 is 19.0 Å². The lowest BCUT2D eigenvalue weighted by Gasteiger charge is -2.27. The molecule has 9 nitrogen and oxygen atoms in total. The van der Waals surface area contributed by atoms with Gasteiger partial charge in [0.1, 0.15) is 21.7 Å². The second-order valence-electron chi connectivity index (χ2n) is 8.70. The standard InChI is InChI=1S/C21H23ClF3N2O7P/c1-11(19(28)34-20(3,4)5)12(2)35(31,32)17-9-14(6-7-16(17)27(29)30)33-18-15(22)8-13(10-26-18)21(23,24)25/h6-12H,1-5H3,(H,31,32). The molecule has 0 aliphatic rings. The van der Waals surface area contributed by atoms with E-state index in [1.165, 1.54) is 13.8 Å². The normalized spacial score (nSPS) is 15.6. The molecule has 2 rings (SSSR count). The Morgan fingerprint density at radius 1 is 1.23 bits per heavy atom. The number of halogens is 4. The van der Waals surface area contributed by atoms with Gasteiger partial charge in [0.2, 0.25) is 13.2 Å². The first-order valence-electron chi connectivity index (χ1n) is 10.1. The summed E-state index contributed by atoms with van der Waals surface area (Å²) in [7, 11) is -4.60. The molecule has 1 aromatic heterocycles. The average Bonchev–Trinajstić information content (AvgIpc) is 2.71. The smallest absolute Gasteiger partial charge is 0.417 e. The molecule has 3 unspecified atom stereocenters. The number of rotatable bonds is 7. The number of ether oxygens (including phenoxy) is 2. The third-order valence-electron chi connectivity index (χ3n) is 4.89. The fourth-order valence-corrected chi connectivity index (χ4v) is 5.03. The molecule has 0 amide bonds. The van der Waals surface area contributed by atoms with E-state index in [0.29, 0.717) is 12.3 Å². The molecule has 0 saturated heterocycles. The van der Waals surface area contributed by atoms with E-state index in [9.17, 15) is 37.5 Å². The van der Waals surface area contributed by atoms with Gasteiger partial charge in [-0.05, 0) is 32.9 Å². The minimum Gasteiger partial charge on any atom is -0.460 e. The van der Waals surface area contributed by atoms with Gasteiger partial charge in [-0.2, -0.15) is 13.2 Å². The Bertz CT molecular complexity index is 1180. The minimum absolute atomic E-state index is 0.244. The maximum Gasteiger partial charge on any atom is 0.417 e. The molecule has 2 aromatic rings. The third kappa shape index (κ3) is 6.93. The SMILES string of the molecule is CC(C(=O)OC(C)(C)C)C(C)P(=O)(O)c1cc(Oc2ncc(C(F)(F)F)cc2Cl)ccc1[N+](=O)[O-].